The van der Waals surface area contributed by atoms with Crippen molar-refractivity contribution in [3.63, 3.8) is 0 Å². The Labute approximate surface area is 226 Å². The molecule has 8 heteroatoms. The van der Waals surface area contributed by atoms with Gasteiger partial charge in [-0.25, -0.2) is 14.8 Å². The van der Waals surface area contributed by atoms with Crippen LogP contribution in [-0.4, -0.2) is 31.4 Å². The summed E-state index contributed by atoms with van der Waals surface area (Å²) in [6.07, 6.45) is 5.32. The molecule has 0 bridgehead atoms. The molecule has 0 atom stereocenters. The summed E-state index contributed by atoms with van der Waals surface area (Å²) in [7, 11) is 0. The fourth-order valence-corrected chi connectivity index (χ4v) is 4.42. The van der Waals surface area contributed by atoms with Crippen LogP contribution in [0, 0.1) is 6.92 Å². The zero-order valence-electron chi connectivity index (χ0n) is 22.2. The number of benzene rings is 3. The number of nitrogens with one attached hydrogen (secondary N) is 2. The van der Waals surface area contributed by atoms with Gasteiger partial charge in [-0.05, 0) is 53.8 Å². The average molecular weight is 520 g/mol. The van der Waals surface area contributed by atoms with E-state index in [-0.39, 0.29) is 16.9 Å². The predicted molar refractivity (Wildman–Crippen MR) is 153 cm³/mol. The normalized spacial score (nSPS) is 11.4. The summed E-state index contributed by atoms with van der Waals surface area (Å²) in [5.74, 6) is -0.818. The third-order valence-electron chi connectivity index (χ3n) is 6.66. The van der Waals surface area contributed by atoms with Crippen LogP contribution >= 0.6 is 0 Å². The second-order valence-corrected chi connectivity index (χ2v) is 10.4. The van der Waals surface area contributed by atoms with Crippen LogP contribution in [0.3, 0.4) is 0 Å². The molecule has 3 N–H and O–H groups in total. The smallest absolute Gasteiger partial charge is 0.337 e. The number of aromatic carboxylic acids is 1. The maximum absolute atomic E-state index is 13.1. The van der Waals surface area contributed by atoms with Crippen molar-refractivity contribution in [1.82, 2.24) is 14.4 Å². The topological polar surface area (TPSA) is 109 Å². The van der Waals surface area contributed by atoms with E-state index >= 15 is 0 Å². The second-order valence-electron chi connectivity index (χ2n) is 10.4. The molecule has 0 saturated carbocycles. The molecule has 0 fully saturated rings. The number of imidazole rings is 1. The molecule has 2 aromatic heterocycles. The van der Waals surface area contributed by atoms with E-state index in [1.165, 1.54) is 6.07 Å². The quantitative estimate of drug-likeness (QED) is 0.230. The molecule has 39 heavy (non-hydrogen) atoms. The number of carboxylic acid groups (broad SMARTS) is 1. The van der Waals surface area contributed by atoms with Crippen molar-refractivity contribution in [2.24, 2.45) is 0 Å². The Hall–Kier alpha value is -4.98. The number of aromatic nitrogens is 3. The highest BCUT2D eigenvalue weighted by molar-refractivity contribution is 6.05. The van der Waals surface area contributed by atoms with Gasteiger partial charge < -0.3 is 20.1 Å². The Kier molecular flexibility index (Phi) is 6.62. The zero-order valence-corrected chi connectivity index (χ0v) is 22.2. The lowest BCUT2D eigenvalue weighted by Gasteiger charge is -2.19. The van der Waals surface area contributed by atoms with Crippen molar-refractivity contribution in [3.8, 4) is 11.3 Å². The number of carbonyl (C=O) groups excluding carboxylic acids is 1. The van der Waals surface area contributed by atoms with E-state index in [2.05, 4.69) is 36.4 Å². The van der Waals surface area contributed by atoms with E-state index in [1.54, 1.807) is 30.6 Å². The fourth-order valence-electron chi connectivity index (χ4n) is 4.42. The van der Waals surface area contributed by atoms with E-state index in [4.69, 9.17) is 4.98 Å². The van der Waals surface area contributed by atoms with Gasteiger partial charge in [0.15, 0.2) is 11.5 Å². The number of nitrogens with zero attached hydrogens (tertiary/aromatic N) is 3. The molecule has 196 valence electrons. The molecule has 5 aromatic rings. The lowest BCUT2D eigenvalue weighted by molar-refractivity contribution is 0.0697. The lowest BCUT2D eigenvalue weighted by Crippen LogP contribution is -2.15. The Balaban J connectivity index is 1.48. The number of hydrogen-bond acceptors (Lipinski definition) is 5. The van der Waals surface area contributed by atoms with Crippen molar-refractivity contribution in [2.75, 3.05) is 10.6 Å². The summed E-state index contributed by atoms with van der Waals surface area (Å²) < 4.78 is 1.83. The number of carbonyl (C=O) groups is 2. The third kappa shape index (κ3) is 5.22. The highest BCUT2D eigenvalue weighted by atomic mass is 16.4. The standard InChI is InChI=1S/C31H29N5O3/c1-19-22(9-7-11-24(19)35-29(37)20-12-14-21(15-13-20)31(2,3)4)26-18-36-17-16-32-28(36)27(34-26)33-25-10-6-5-8-23(25)30(38)39/h5-18H,1-4H3,(H,33,34)(H,35,37)(H,38,39). The molecule has 8 nitrogen and oxygen atoms in total. The summed E-state index contributed by atoms with van der Waals surface area (Å²) in [5, 5.41) is 15.8. The first-order valence-corrected chi connectivity index (χ1v) is 12.6. The Morgan fingerprint density at radius 2 is 1.64 bits per heavy atom. The zero-order chi connectivity index (χ0) is 27.7. The number of hydrogen-bond donors (Lipinski definition) is 3. The van der Waals surface area contributed by atoms with E-state index in [0.29, 0.717) is 34.1 Å². The summed E-state index contributed by atoms with van der Waals surface area (Å²) in [5.41, 5.74) is 5.83. The minimum atomic E-state index is -1.04. The molecule has 0 radical (unpaired) electrons. The number of rotatable bonds is 6. The van der Waals surface area contributed by atoms with Gasteiger partial charge in [-0.1, -0.05) is 57.2 Å². The van der Waals surface area contributed by atoms with Crippen LogP contribution in [0.25, 0.3) is 16.9 Å². The van der Waals surface area contributed by atoms with Crippen molar-refractivity contribution < 1.29 is 14.7 Å². The molecule has 2 heterocycles. The van der Waals surface area contributed by atoms with Crippen LogP contribution in [0.1, 0.15) is 52.6 Å². The third-order valence-corrected chi connectivity index (χ3v) is 6.66. The lowest BCUT2D eigenvalue weighted by atomic mass is 9.86. The van der Waals surface area contributed by atoms with Crippen molar-refractivity contribution in [3.05, 3.63) is 108 Å². The molecule has 0 spiro atoms. The van der Waals surface area contributed by atoms with Crippen LogP contribution in [0.15, 0.2) is 85.3 Å². The van der Waals surface area contributed by atoms with Gasteiger partial charge >= 0.3 is 5.97 Å². The molecular weight excluding hydrogens is 490 g/mol. The number of anilines is 3. The first-order chi connectivity index (χ1) is 18.6. The summed E-state index contributed by atoms with van der Waals surface area (Å²) in [6.45, 7) is 8.34. The van der Waals surface area contributed by atoms with Crippen LogP contribution < -0.4 is 10.6 Å². The number of para-hydroxylation sites is 1. The maximum Gasteiger partial charge on any atom is 0.337 e. The number of fused-ring (bicyclic) bond motifs is 1. The van der Waals surface area contributed by atoms with Crippen LogP contribution in [0.5, 0.6) is 0 Å². The SMILES string of the molecule is Cc1c(NC(=O)c2ccc(C(C)(C)C)cc2)cccc1-c1cn2ccnc2c(Nc2ccccc2C(=O)O)n1. The van der Waals surface area contributed by atoms with Crippen LogP contribution in [0.2, 0.25) is 0 Å². The van der Waals surface area contributed by atoms with E-state index in [1.807, 2.05) is 60.0 Å². The average Bonchev–Trinajstić information content (AvgIpc) is 3.39. The highest BCUT2D eigenvalue weighted by Crippen LogP contribution is 2.31. The Morgan fingerprint density at radius 1 is 0.923 bits per heavy atom. The van der Waals surface area contributed by atoms with E-state index in [0.717, 1.165) is 16.7 Å². The summed E-state index contributed by atoms with van der Waals surface area (Å²) in [6, 6.07) is 20.0. The van der Waals surface area contributed by atoms with Gasteiger partial charge in [0.05, 0.1) is 16.9 Å². The minimum absolute atomic E-state index is 0.00663. The molecule has 0 aliphatic carbocycles. The van der Waals surface area contributed by atoms with Gasteiger partial charge in [0, 0.05) is 35.4 Å². The van der Waals surface area contributed by atoms with Gasteiger partial charge in [0.1, 0.15) is 0 Å². The molecule has 3 aromatic carbocycles. The molecule has 5 rings (SSSR count). The van der Waals surface area contributed by atoms with E-state index in [9.17, 15) is 14.7 Å². The monoisotopic (exact) mass is 519 g/mol. The van der Waals surface area contributed by atoms with Crippen LogP contribution in [0.4, 0.5) is 17.2 Å². The first-order valence-electron chi connectivity index (χ1n) is 12.6. The van der Waals surface area contributed by atoms with Crippen molar-refractivity contribution in [2.45, 2.75) is 33.1 Å². The van der Waals surface area contributed by atoms with Crippen LogP contribution in [-0.2, 0) is 5.41 Å². The molecule has 0 aliphatic rings. The van der Waals surface area contributed by atoms with Crippen molar-refractivity contribution >= 4 is 34.7 Å². The largest absolute Gasteiger partial charge is 0.478 e. The Bertz CT molecular complexity index is 1700. The maximum atomic E-state index is 13.1. The fraction of sp³-hybridized carbons (Fsp3) is 0.161. The van der Waals surface area contributed by atoms with Gasteiger partial charge in [-0.15, -0.1) is 0 Å². The molecular formula is C31H29N5O3. The predicted octanol–water partition coefficient (Wildman–Crippen LogP) is 6.70. The number of amides is 1. The molecule has 1 amide bonds. The Morgan fingerprint density at radius 3 is 2.36 bits per heavy atom. The van der Waals surface area contributed by atoms with Gasteiger partial charge in [0.2, 0.25) is 0 Å². The molecule has 0 saturated heterocycles. The van der Waals surface area contributed by atoms with Crippen molar-refractivity contribution in [1.29, 1.82) is 0 Å². The first kappa shape index (κ1) is 25.7. The number of carboxylic acids is 1. The minimum Gasteiger partial charge on any atom is -0.478 e. The van der Waals surface area contributed by atoms with Gasteiger partial charge in [0.25, 0.3) is 5.91 Å². The summed E-state index contributed by atoms with van der Waals surface area (Å²) in [4.78, 5) is 34.0. The summed E-state index contributed by atoms with van der Waals surface area (Å²) >= 11 is 0. The van der Waals surface area contributed by atoms with E-state index < -0.39 is 5.97 Å². The highest BCUT2D eigenvalue weighted by Gasteiger charge is 2.18. The van der Waals surface area contributed by atoms with Gasteiger partial charge in [-0.3, -0.25) is 4.79 Å². The second kappa shape index (κ2) is 10.1. The van der Waals surface area contributed by atoms with Gasteiger partial charge in [-0.2, -0.15) is 0 Å². The molecule has 0 aliphatic heterocycles. The molecule has 0 unspecified atom stereocenters.